The van der Waals surface area contributed by atoms with E-state index in [-0.39, 0.29) is 10.7 Å². The van der Waals surface area contributed by atoms with Crippen molar-refractivity contribution >= 4 is 27.1 Å². The van der Waals surface area contributed by atoms with Gasteiger partial charge in [0.15, 0.2) is 5.78 Å². The number of thiophene rings is 1. The van der Waals surface area contributed by atoms with E-state index in [1.54, 1.807) is 23.5 Å². The highest BCUT2D eigenvalue weighted by molar-refractivity contribution is 7.89. The number of sulfonamides is 1. The Kier molecular flexibility index (Phi) is 5.67. The van der Waals surface area contributed by atoms with Gasteiger partial charge in [0, 0.05) is 33.6 Å². The third kappa shape index (κ3) is 4.00. The lowest BCUT2D eigenvalue weighted by Crippen LogP contribution is -2.29. The number of nitrogens with two attached hydrogens (primary N) is 1. The minimum atomic E-state index is -3.74. The van der Waals surface area contributed by atoms with Gasteiger partial charge in [-0.2, -0.15) is 0 Å². The number of likely N-dealkylation sites (tertiary alicyclic amines) is 1. The number of benzene rings is 1. The summed E-state index contributed by atoms with van der Waals surface area (Å²) in [6, 6.07) is 12.8. The second-order valence-electron chi connectivity index (χ2n) is 7.73. The van der Waals surface area contributed by atoms with Crippen LogP contribution < -0.4 is 5.14 Å². The van der Waals surface area contributed by atoms with Gasteiger partial charge < -0.3 is 4.57 Å². The maximum atomic E-state index is 13.2. The molecule has 3 aromatic rings. The maximum Gasteiger partial charge on any atom is 0.238 e. The summed E-state index contributed by atoms with van der Waals surface area (Å²) < 4.78 is 25.0. The fourth-order valence-electron chi connectivity index (χ4n) is 4.32. The molecule has 0 saturated carbocycles. The van der Waals surface area contributed by atoms with Gasteiger partial charge in [0.25, 0.3) is 0 Å². The summed E-state index contributed by atoms with van der Waals surface area (Å²) in [6.07, 6.45) is 2.19. The molecule has 1 saturated heterocycles. The number of aryl methyl sites for hydroxylation is 1. The largest absolute Gasteiger partial charge is 0.318 e. The first-order valence-electron chi connectivity index (χ1n) is 9.88. The third-order valence-corrected chi connectivity index (χ3v) is 7.64. The molecule has 4 rings (SSSR count). The molecule has 2 N–H and O–H groups in total. The summed E-state index contributed by atoms with van der Waals surface area (Å²) in [7, 11) is -3.74. The maximum absolute atomic E-state index is 13.2. The third-order valence-electron chi connectivity index (χ3n) is 5.74. The quantitative estimate of drug-likeness (QED) is 0.587. The zero-order valence-electron chi connectivity index (χ0n) is 17.0. The molecule has 0 amide bonds. The number of nitrogens with zero attached hydrogens (tertiary/aromatic N) is 2. The van der Waals surface area contributed by atoms with Crippen LogP contribution in [0.15, 0.2) is 52.7 Å². The predicted molar refractivity (Wildman–Crippen MR) is 119 cm³/mol. The van der Waals surface area contributed by atoms with E-state index in [0.29, 0.717) is 18.2 Å². The number of hydrogen-bond donors (Lipinski definition) is 1. The highest BCUT2D eigenvalue weighted by Crippen LogP contribution is 2.34. The van der Waals surface area contributed by atoms with E-state index in [4.69, 9.17) is 5.14 Å². The molecule has 1 aliphatic rings. The standard InChI is InChI=1S/C22H25N3O3S2/c1-15-13-19(16(2)25(15)17-7-9-18(10-8-17)30(23,27)28)21(26)14-24-11-3-5-20(24)22-6-4-12-29-22/h4,6-10,12-13,20H,3,5,11,14H2,1-2H3,(H2,23,27,28)/t20-/m0/s1. The van der Waals surface area contributed by atoms with Crippen LogP contribution in [0.5, 0.6) is 0 Å². The topological polar surface area (TPSA) is 85.4 Å². The van der Waals surface area contributed by atoms with Crippen LogP contribution in [-0.4, -0.2) is 36.8 Å². The Bertz CT molecular complexity index is 1160. The molecule has 8 heteroatoms. The number of aromatic nitrogens is 1. The van der Waals surface area contributed by atoms with E-state index in [0.717, 1.165) is 36.5 Å². The molecule has 30 heavy (non-hydrogen) atoms. The van der Waals surface area contributed by atoms with Crippen LogP contribution in [0.4, 0.5) is 0 Å². The van der Waals surface area contributed by atoms with E-state index >= 15 is 0 Å². The summed E-state index contributed by atoms with van der Waals surface area (Å²) in [5.74, 6) is 0.110. The van der Waals surface area contributed by atoms with Crippen molar-refractivity contribution in [2.45, 2.75) is 37.6 Å². The zero-order chi connectivity index (χ0) is 21.5. The van der Waals surface area contributed by atoms with Crippen LogP contribution >= 0.6 is 11.3 Å². The SMILES string of the molecule is Cc1cc(C(=O)CN2CCC[C@H]2c2cccs2)c(C)n1-c1ccc(S(N)(=O)=O)cc1. The van der Waals surface area contributed by atoms with Crippen LogP contribution in [0.1, 0.15) is 45.5 Å². The average Bonchev–Trinajstić information content (AvgIpc) is 3.42. The highest BCUT2D eigenvalue weighted by Gasteiger charge is 2.29. The van der Waals surface area contributed by atoms with Gasteiger partial charge in [-0.25, -0.2) is 13.6 Å². The number of rotatable bonds is 6. The van der Waals surface area contributed by atoms with E-state index in [1.807, 2.05) is 24.5 Å². The van der Waals surface area contributed by atoms with Crippen molar-refractivity contribution in [3.8, 4) is 5.69 Å². The van der Waals surface area contributed by atoms with E-state index in [9.17, 15) is 13.2 Å². The van der Waals surface area contributed by atoms with Gasteiger partial charge in [-0.1, -0.05) is 6.07 Å². The van der Waals surface area contributed by atoms with Gasteiger partial charge >= 0.3 is 0 Å². The lowest BCUT2D eigenvalue weighted by molar-refractivity contribution is 0.0922. The summed E-state index contributed by atoms with van der Waals surface area (Å²) in [5.41, 5.74) is 3.29. The number of carbonyl (C=O) groups is 1. The first-order chi connectivity index (χ1) is 14.3. The fourth-order valence-corrected chi connectivity index (χ4v) is 5.73. The monoisotopic (exact) mass is 443 g/mol. The Hall–Kier alpha value is -2.26. The van der Waals surface area contributed by atoms with Crippen LogP contribution in [0.3, 0.4) is 0 Å². The van der Waals surface area contributed by atoms with Gasteiger partial charge in [-0.05, 0) is 75.0 Å². The number of Topliss-reactive ketones (excluding diaryl/α,β-unsaturated/α-hetero) is 1. The van der Waals surface area contributed by atoms with Crippen LogP contribution in [0.2, 0.25) is 0 Å². The average molecular weight is 444 g/mol. The number of hydrogen-bond acceptors (Lipinski definition) is 5. The Balaban J connectivity index is 1.58. The normalized spacial score (nSPS) is 17.5. The molecule has 1 aromatic carbocycles. The zero-order valence-corrected chi connectivity index (χ0v) is 18.7. The minimum absolute atomic E-state index is 0.0682. The number of primary sulfonamides is 1. The van der Waals surface area contributed by atoms with Crippen molar-refractivity contribution in [3.05, 3.63) is 69.7 Å². The predicted octanol–water partition coefficient (Wildman–Crippen LogP) is 3.82. The summed E-state index contributed by atoms with van der Waals surface area (Å²) in [6.45, 7) is 5.20. The molecule has 1 fully saturated rings. The Morgan fingerprint density at radius 2 is 1.93 bits per heavy atom. The van der Waals surface area contributed by atoms with Crippen molar-refractivity contribution in [1.82, 2.24) is 9.47 Å². The lowest BCUT2D eigenvalue weighted by atomic mass is 10.1. The molecule has 0 unspecified atom stereocenters. The Morgan fingerprint density at radius 1 is 1.20 bits per heavy atom. The molecular weight excluding hydrogens is 418 g/mol. The smallest absolute Gasteiger partial charge is 0.238 e. The molecular formula is C22H25N3O3S2. The van der Waals surface area contributed by atoms with E-state index in [1.165, 1.54) is 17.0 Å². The van der Waals surface area contributed by atoms with Crippen LogP contribution in [-0.2, 0) is 10.0 Å². The summed E-state index contributed by atoms with van der Waals surface area (Å²) >= 11 is 1.75. The van der Waals surface area contributed by atoms with Crippen molar-refractivity contribution < 1.29 is 13.2 Å². The van der Waals surface area contributed by atoms with Crippen molar-refractivity contribution in [3.63, 3.8) is 0 Å². The first kappa shape index (κ1) is 21.0. The number of ketones is 1. The van der Waals surface area contributed by atoms with Gasteiger partial charge in [0.1, 0.15) is 0 Å². The lowest BCUT2D eigenvalue weighted by Gasteiger charge is -2.22. The molecule has 0 spiro atoms. The molecule has 1 aliphatic heterocycles. The van der Waals surface area contributed by atoms with Crippen molar-refractivity contribution in [2.75, 3.05) is 13.1 Å². The van der Waals surface area contributed by atoms with Gasteiger partial charge in [0.2, 0.25) is 10.0 Å². The van der Waals surface area contributed by atoms with Crippen LogP contribution in [0.25, 0.3) is 5.69 Å². The molecule has 0 radical (unpaired) electrons. The second-order valence-corrected chi connectivity index (χ2v) is 10.3. The molecule has 3 heterocycles. The number of carbonyl (C=O) groups excluding carboxylic acids is 1. The molecule has 0 bridgehead atoms. The summed E-state index contributed by atoms with van der Waals surface area (Å²) in [4.78, 5) is 16.8. The Morgan fingerprint density at radius 3 is 2.57 bits per heavy atom. The molecule has 6 nitrogen and oxygen atoms in total. The fraction of sp³-hybridized carbons (Fsp3) is 0.318. The van der Waals surface area contributed by atoms with Gasteiger partial charge in [-0.3, -0.25) is 9.69 Å². The van der Waals surface area contributed by atoms with Gasteiger partial charge in [0.05, 0.1) is 11.4 Å². The Labute approximate surface area is 181 Å². The first-order valence-corrected chi connectivity index (χ1v) is 12.3. The van der Waals surface area contributed by atoms with Gasteiger partial charge in [-0.15, -0.1) is 11.3 Å². The highest BCUT2D eigenvalue weighted by atomic mass is 32.2. The second kappa shape index (κ2) is 8.11. The summed E-state index contributed by atoms with van der Waals surface area (Å²) in [5, 5.41) is 7.28. The molecule has 2 aromatic heterocycles. The van der Waals surface area contributed by atoms with E-state index in [2.05, 4.69) is 22.4 Å². The van der Waals surface area contributed by atoms with Crippen LogP contribution in [0, 0.1) is 13.8 Å². The molecule has 0 aliphatic carbocycles. The van der Waals surface area contributed by atoms with E-state index < -0.39 is 10.0 Å². The van der Waals surface area contributed by atoms with Crippen molar-refractivity contribution in [2.24, 2.45) is 5.14 Å². The minimum Gasteiger partial charge on any atom is -0.318 e. The van der Waals surface area contributed by atoms with Crippen molar-refractivity contribution in [1.29, 1.82) is 0 Å². The molecule has 158 valence electrons. The molecule has 1 atom stereocenters.